The van der Waals surface area contributed by atoms with Crippen molar-refractivity contribution in [2.75, 3.05) is 34.0 Å². The van der Waals surface area contributed by atoms with E-state index in [0.29, 0.717) is 19.6 Å². The van der Waals surface area contributed by atoms with E-state index in [9.17, 15) is 9.59 Å². The Kier molecular flexibility index (Phi) is 5.36. The number of amides is 1. The van der Waals surface area contributed by atoms with Crippen LogP contribution in [0.15, 0.2) is 0 Å². The number of alkyl carbamates (subject to hydrolysis) is 1. The minimum Gasteiger partial charge on any atom is -0.458 e. The first kappa shape index (κ1) is 14.7. The highest BCUT2D eigenvalue weighted by molar-refractivity contribution is 5.75. The summed E-state index contributed by atoms with van der Waals surface area (Å²) in [6, 6.07) is 0. The highest BCUT2D eigenvalue weighted by Gasteiger charge is 2.31. The molecule has 1 saturated heterocycles. The predicted molar refractivity (Wildman–Crippen MR) is 61.1 cm³/mol. The molecule has 0 saturated carbocycles. The van der Waals surface area contributed by atoms with Crippen molar-refractivity contribution in [1.29, 1.82) is 0 Å². The second-order valence-electron chi connectivity index (χ2n) is 4.47. The predicted octanol–water partition coefficient (Wildman–Crippen LogP) is 0.0796. The summed E-state index contributed by atoms with van der Waals surface area (Å²) in [5, 5.41) is 2.66. The number of cyclic esters (lactones) is 1. The van der Waals surface area contributed by atoms with Crippen LogP contribution in [0, 0.1) is 0 Å². The number of methoxy groups -OCH3 is 2. The molecule has 0 aromatic heterocycles. The van der Waals surface area contributed by atoms with Crippen LogP contribution in [-0.4, -0.2) is 57.7 Å². The molecular weight excluding hydrogens is 242 g/mol. The lowest BCUT2D eigenvalue weighted by atomic mass is 10.1. The first-order valence-corrected chi connectivity index (χ1v) is 5.61. The third-order valence-corrected chi connectivity index (χ3v) is 2.42. The van der Waals surface area contributed by atoms with Crippen molar-refractivity contribution >= 4 is 12.1 Å². The van der Waals surface area contributed by atoms with Gasteiger partial charge in [-0.2, -0.15) is 0 Å². The maximum atomic E-state index is 11.5. The van der Waals surface area contributed by atoms with E-state index in [2.05, 4.69) is 5.32 Å². The Morgan fingerprint density at radius 2 is 2.00 bits per heavy atom. The summed E-state index contributed by atoms with van der Waals surface area (Å²) in [5.41, 5.74) is -0.656. The molecule has 1 amide bonds. The Labute approximate surface area is 106 Å². The lowest BCUT2D eigenvalue weighted by molar-refractivity contribution is -0.173. The van der Waals surface area contributed by atoms with Crippen LogP contribution in [0.25, 0.3) is 0 Å². The Morgan fingerprint density at radius 3 is 2.44 bits per heavy atom. The molecule has 1 unspecified atom stereocenters. The van der Waals surface area contributed by atoms with Gasteiger partial charge in [0.05, 0.1) is 25.2 Å². The molecule has 0 aliphatic carbocycles. The normalized spacial score (nSPS) is 18.8. The zero-order chi connectivity index (χ0) is 13.6. The minimum atomic E-state index is -0.656. The zero-order valence-electron chi connectivity index (χ0n) is 10.9. The molecule has 1 aliphatic heterocycles. The molecule has 1 heterocycles. The average molecular weight is 261 g/mol. The van der Waals surface area contributed by atoms with Gasteiger partial charge in [0.1, 0.15) is 12.7 Å². The van der Waals surface area contributed by atoms with Gasteiger partial charge in [0.2, 0.25) is 0 Å². The standard InChI is InChI=1S/C11H19NO6/c1-11(6-15-2,7-16-3)12-10(14)17-5-8-4-9(13)18-8/h8H,4-7H2,1-3H3,(H,12,14). The van der Waals surface area contributed by atoms with Gasteiger partial charge in [-0.3, -0.25) is 4.79 Å². The molecule has 7 heteroatoms. The maximum Gasteiger partial charge on any atom is 0.407 e. The highest BCUT2D eigenvalue weighted by atomic mass is 16.6. The van der Waals surface area contributed by atoms with E-state index in [-0.39, 0.29) is 18.7 Å². The fourth-order valence-electron chi connectivity index (χ4n) is 1.66. The van der Waals surface area contributed by atoms with Gasteiger partial charge in [0.15, 0.2) is 0 Å². The third kappa shape index (κ3) is 4.50. The van der Waals surface area contributed by atoms with E-state index in [1.807, 2.05) is 0 Å². The van der Waals surface area contributed by atoms with Crippen LogP contribution in [0.1, 0.15) is 13.3 Å². The van der Waals surface area contributed by atoms with Crippen molar-refractivity contribution in [3.8, 4) is 0 Å². The van der Waals surface area contributed by atoms with Gasteiger partial charge in [-0.05, 0) is 6.92 Å². The first-order chi connectivity index (χ1) is 8.49. The number of ether oxygens (including phenoxy) is 4. The molecule has 1 fully saturated rings. The van der Waals surface area contributed by atoms with Gasteiger partial charge in [0.25, 0.3) is 0 Å². The van der Waals surface area contributed by atoms with E-state index >= 15 is 0 Å². The smallest absolute Gasteiger partial charge is 0.407 e. The minimum absolute atomic E-state index is 0.0631. The van der Waals surface area contributed by atoms with Crippen molar-refractivity contribution in [2.45, 2.75) is 25.0 Å². The number of rotatable bonds is 7. The topological polar surface area (TPSA) is 83.1 Å². The SMILES string of the molecule is COCC(C)(COC)NC(=O)OCC1CC(=O)O1. The van der Waals surface area contributed by atoms with Crippen molar-refractivity contribution in [1.82, 2.24) is 5.32 Å². The second-order valence-corrected chi connectivity index (χ2v) is 4.47. The van der Waals surface area contributed by atoms with Gasteiger partial charge in [-0.1, -0.05) is 0 Å². The molecule has 0 aromatic carbocycles. The Hall–Kier alpha value is -1.34. The van der Waals surface area contributed by atoms with Crippen LogP contribution in [-0.2, 0) is 23.7 Å². The van der Waals surface area contributed by atoms with Gasteiger partial charge in [-0.25, -0.2) is 4.79 Å². The van der Waals surface area contributed by atoms with E-state index in [4.69, 9.17) is 18.9 Å². The van der Waals surface area contributed by atoms with Crippen LogP contribution in [0.4, 0.5) is 4.79 Å². The van der Waals surface area contributed by atoms with Crippen molar-refractivity contribution in [3.05, 3.63) is 0 Å². The largest absolute Gasteiger partial charge is 0.458 e. The van der Waals surface area contributed by atoms with Gasteiger partial charge < -0.3 is 24.3 Å². The Bertz CT molecular complexity index is 292. The van der Waals surface area contributed by atoms with Crippen molar-refractivity contribution < 1.29 is 28.5 Å². The molecule has 1 atom stereocenters. The highest BCUT2D eigenvalue weighted by Crippen LogP contribution is 2.13. The van der Waals surface area contributed by atoms with Gasteiger partial charge >= 0.3 is 12.1 Å². The number of carbonyl (C=O) groups is 2. The summed E-state index contributed by atoms with van der Waals surface area (Å²) in [4.78, 5) is 22.1. The molecule has 1 N–H and O–H groups in total. The average Bonchev–Trinajstić information content (AvgIpc) is 2.23. The van der Waals surface area contributed by atoms with Crippen LogP contribution in [0.3, 0.4) is 0 Å². The summed E-state index contributed by atoms with van der Waals surface area (Å²) in [6.07, 6.45) is -0.616. The van der Waals surface area contributed by atoms with E-state index in [1.54, 1.807) is 6.92 Å². The summed E-state index contributed by atoms with van der Waals surface area (Å²) in [7, 11) is 3.07. The van der Waals surface area contributed by atoms with E-state index < -0.39 is 11.6 Å². The number of carbonyl (C=O) groups excluding carboxylic acids is 2. The number of hydrogen-bond acceptors (Lipinski definition) is 6. The quantitative estimate of drug-likeness (QED) is 0.653. The number of hydrogen-bond donors (Lipinski definition) is 1. The molecule has 18 heavy (non-hydrogen) atoms. The molecule has 1 rings (SSSR count). The molecule has 7 nitrogen and oxygen atoms in total. The number of esters is 1. The first-order valence-electron chi connectivity index (χ1n) is 5.61. The lowest BCUT2D eigenvalue weighted by Crippen LogP contribution is -2.53. The number of nitrogens with one attached hydrogen (secondary N) is 1. The Morgan fingerprint density at radius 1 is 1.44 bits per heavy atom. The fraction of sp³-hybridized carbons (Fsp3) is 0.818. The van der Waals surface area contributed by atoms with Crippen LogP contribution < -0.4 is 5.32 Å². The summed E-state index contributed by atoms with van der Waals surface area (Å²) >= 11 is 0. The molecule has 0 bridgehead atoms. The maximum absolute atomic E-state index is 11.5. The monoisotopic (exact) mass is 261 g/mol. The molecule has 0 aromatic rings. The molecule has 104 valence electrons. The van der Waals surface area contributed by atoms with Crippen LogP contribution in [0.2, 0.25) is 0 Å². The van der Waals surface area contributed by atoms with Gasteiger partial charge in [-0.15, -0.1) is 0 Å². The summed E-state index contributed by atoms with van der Waals surface area (Å²) in [6.45, 7) is 2.45. The molecular formula is C11H19NO6. The molecule has 0 radical (unpaired) electrons. The third-order valence-electron chi connectivity index (χ3n) is 2.42. The second kappa shape index (κ2) is 6.55. The van der Waals surface area contributed by atoms with Crippen molar-refractivity contribution in [3.63, 3.8) is 0 Å². The fourth-order valence-corrected chi connectivity index (χ4v) is 1.66. The van der Waals surface area contributed by atoms with Crippen LogP contribution in [0.5, 0.6) is 0 Å². The van der Waals surface area contributed by atoms with E-state index in [0.717, 1.165) is 0 Å². The van der Waals surface area contributed by atoms with E-state index in [1.165, 1.54) is 14.2 Å². The molecule has 1 aliphatic rings. The van der Waals surface area contributed by atoms with Gasteiger partial charge in [0, 0.05) is 14.2 Å². The lowest BCUT2D eigenvalue weighted by Gasteiger charge is -2.30. The summed E-state index contributed by atoms with van der Waals surface area (Å²) in [5.74, 6) is -0.271. The van der Waals surface area contributed by atoms with Crippen LogP contribution >= 0.6 is 0 Å². The Balaban J connectivity index is 2.29. The summed E-state index contributed by atoms with van der Waals surface area (Å²) < 4.78 is 19.7. The molecule has 0 spiro atoms. The zero-order valence-corrected chi connectivity index (χ0v) is 10.9. The van der Waals surface area contributed by atoms with Crippen molar-refractivity contribution in [2.24, 2.45) is 0 Å².